The van der Waals surface area contributed by atoms with Crippen LogP contribution in [0.5, 0.6) is 0 Å². The molecule has 0 spiro atoms. The zero-order valence-corrected chi connectivity index (χ0v) is 14.5. The Labute approximate surface area is 115 Å². The van der Waals surface area contributed by atoms with Crippen LogP contribution in [0.1, 0.15) is 30.1 Å². The minimum absolute atomic E-state index is 0.117. The zero-order chi connectivity index (χ0) is 13.1. The second-order valence-electron chi connectivity index (χ2n) is 4.28. The summed E-state index contributed by atoms with van der Waals surface area (Å²) in [7, 11) is 6.08. The van der Waals surface area contributed by atoms with Crippen molar-refractivity contribution >= 4 is 50.0 Å². The number of fused-ring (bicyclic) bond motifs is 1. The third-order valence-corrected chi connectivity index (χ3v) is 13.2. The zero-order valence-electron chi connectivity index (χ0n) is 10.3. The van der Waals surface area contributed by atoms with Crippen LogP contribution >= 0.6 is 33.1 Å². The number of nitrogens with one attached hydrogen (secondary N) is 1. The van der Waals surface area contributed by atoms with E-state index in [2.05, 4.69) is 35.1 Å². The summed E-state index contributed by atoms with van der Waals surface area (Å²) in [5.74, 6) is 1.18. The first-order valence-electron chi connectivity index (χ1n) is 5.97. The number of Topliss-reactive ketones (excluding diaryl/α,β-unsaturated/α-hetero) is 1. The van der Waals surface area contributed by atoms with Crippen molar-refractivity contribution in [3.8, 4) is 0 Å². The van der Waals surface area contributed by atoms with Crippen LogP contribution in [0.2, 0.25) is 0 Å². The van der Waals surface area contributed by atoms with Crippen LogP contribution in [-0.4, -0.2) is 17.3 Å². The molecule has 0 bridgehead atoms. The Morgan fingerprint density at radius 1 is 1.67 bits per heavy atom. The molecule has 0 amide bonds. The number of ketones is 1. The highest BCUT2D eigenvalue weighted by molar-refractivity contribution is 8.63. The van der Waals surface area contributed by atoms with Crippen molar-refractivity contribution in [1.29, 1.82) is 0 Å². The standard InChI is InChI=1S/C11H18N2OP4/c1-2-3-7-6-13-11-9(10(7)14)8(4-5-12-11)18(16)17-15/h4-5,7,17H,2-3,6,15-16H2,1H3,(H,12,13). The molecule has 1 aromatic heterocycles. The van der Waals surface area contributed by atoms with Crippen LogP contribution in [0.4, 0.5) is 5.82 Å². The number of carbonyl (C=O) groups is 1. The van der Waals surface area contributed by atoms with Crippen LogP contribution in [0.3, 0.4) is 0 Å². The van der Waals surface area contributed by atoms with Gasteiger partial charge in [0.15, 0.2) is 5.78 Å². The minimum Gasteiger partial charge on any atom is -0.369 e. The summed E-state index contributed by atoms with van der Waals surface area (Å²) in [5.41, 5.74) is 0.846. The molecule has 18 heavy (non-hydrogen) atoms. The number of aromatic nitrogens is 1. The monoisotopic (exact) mass is 318 g/mol. The van der Waals surface area contributed by atoms with Crippen molar-refractivity contribution in [3.63, 3.8) is 0 Å². The Bertz CT molecular complexity index is 455. The summed E-state index contributed by atoms with van der Waals surface area (Å²) in [4.78, 5) is 16.9. The van der Waals surface area contributed by atoms with Crippen LogP contribution in [-0.2, 0) is 0 Å². The lowest BCUT2D eigenvalue weighted by molar-refractivity contribution is 0.0916. The molecule has 3 nitrogen and oxygen atoms in total. The van der Waals surface area contributed by atoms with E-state index in [9.17, 15) is 4.79 Å². The minimum atomic E-state index is -0.336. The molecule has 5 atom stereocenters. The summed E-state index contributed by atoms with van der Waals surface area (Å²) in [5, 5.41) is 4.49. The van der Waals surface area contributed by atoms with Gasteiger partial charge in [0, 0.05) is 24.0 Å². The SMILES string of the molecule is CCCC1CNc2nccc(P(P)PP)c2C1=O. The summed E-state index contributed by atoms with van der Waals surface area (Å²) < 4.78 is 0. The van der Waals surface area contributed by atoms with Gasteiger partial charge < -0.3 is 5.32 Å². The van der Waals surface area contributed by atoms with Crippen molar-refractivity contribution in [2.45, 2.75) is 19.8 Å². The average molecular weight is 318 g/mol. The number of pyridine rings is 1. The first kappa shape index (κ1) is 14.7. The van der Waals surface area contributed by atoms with Crippen LogP contribution in [0.25, 0.3) is 0 Å². The molecule has 0 saturated carbocycles. The van der Waals surface area contributed by atoms with E-state index in [1.165, 1.54) is 5.30 Å². The molecule has 98 valence electrons. The Morgan fingerprint density at radius 2 is 2.44 bits per heavy atom. The van der Waals surface area contributed by atoms with Gasteiger partial charge in [-0.25, -0.2) is 4.98 Å². The second-order valence-corrected chi connectivity index (χ2v) is 13.4. The number of hydrogen-bond donors (Lipinski definition) is 1. The molecule has 1 aliphatic rings. The van der Waals surface area contributed by atoms with Gasteiger partial charge in [-0.2, -0.15) is 0 Å². The van der Waals surface area contributed by atoms with E-state index in [0.29, 0.717) is 0 Å². The molecular weight excluding hydrogens is 300 g/mol. The van der Waals surface area contributed by atoms with E-state index >= 15 is 0 Å². The van der Waals surface area contributed by atoms with Gasteiger partial charge in [-0.05, 0) is 19.8 Å². The molecule has 0 fully saturated rings. The maximum atomic E-state index is 12.6. The average Bonchev–Trinajstić information content (AvgIpc) is 2.40. The van der Waals surface area contributed by atoms with Crippen molar-refractivity contribution in [2.24, 2.45) is 5.92 Å². The highest BCUT2D eigenvalue weighted by atomic mass is 32.6. The number of anilines is 1. The van der Waals surface area contributed by atoms with Crippen LogP contribution < -0.4 is 10.6 Å². The molecule has 1 aromatic rings. The molecule has 0 saturated heterocycles. The van der Waals surface area contributed by atoms with Crippen molar-refractivity contribution in [1.82, 2.24) is 4.98 Å². The van der Waals surface area contributed by atoms with E-state index in [-0.39, 0.29) is 19.0 Å². The Hall–Kier alpha value is 0.340. The van der Waals surface area contributed by atoms with Gasteiger partial charge in [0.05, 0.1) is 5.56 Å². The highest BCUT2D eigenvalue weighted by Crippen LogP contribution is 2.65. The van der Waals surface area contributed by atoms with Crippen LogP contribution in [0, 0.1) is 5.92 Å². The van der Waals surface area contributed by atoms with Gasteiger partial charge in [0.2, 0.25) is 0 Å². The fourth-order valence-corrected chi connectivity index (χ4v) is 5.89. The number of hydrogen-bond acceptors (Lipinski definition) is 3. The molecule has 7 heteroatoms. The molecule has 5 unspecified atom stereocenters. The molecule has 0 aromatic carbocycles. The third-order valence-electron chi connectivity index (χ3n) is 3.10. The predicted octanol–water partition coefficient (Wildman–Crippen LogP) is 3.39. The normalized spacial score (nSPS) is 20.8. The van der Waals surface area contributed by atoms with Gasteiger partial charge >= 0.3 is 0 Å². The quantitative estimate of drug-likeness (QED) is 0.865. The summed E-state index contributed by atoms with van der Waals surface area (Å²) in [6.07, 6.45) is 3.81. The lowest BCUT2D eigenvalue weighted by Gasteiger charge is -2.26. The van der Waals surface area contributed by atoms with Gasteiger partial charge in [-0.3, -0.25) is 4.79 Å². The van der Waals surface area contributed by atoms with E-state index in [0.717, 1.165) is 38.7 Å². The number of nitrogens with zero attached hydrogens (tertiary/aromatic N) is 1. The maximum Gasteiger partial charge on any atom is 0.172 e. The van der Waals surface area contributed by atoms with Gasteiger partial charge in [0.1, 0.15) is 5.82 Å². The summed E-state index contributed by atoms with van der Waals surface area (Å²) in [6.45, 7) is 2.85. The smallest absolute Gasteiger partial charge is 0.172 e. The molecule has 2 rings (SSSR count). The molecule has 1 aliphatic heterocycles. The lowest BCUT2D eigenvalue weighted by atomic mass is 9.91. The topological polar surface area (TPSA) is 42.0 Å². The van der Waals surface area contributed by atoms with Crippen LogP contribution in [0.15, 0.2) is 12.3 Å². The third kappa shape index (κ3) is 2.91. The first-order valence-corrected chi connectivity index (χ1v) is 12.6. The predicted molar refractivity (Wildman–Crippen MR) is 89.7 cm³/mol. The lowest BCUT2D eigenvalue weighted by Crippen LogP contribution is -2.33. The van der Waals surface area contributed by atoms with Gasteiger partial charge in [-0.15, -0.1) is 17.9 Å². The Balaban J connectivity index is 2.41. The Kier molecular flexibility index (Phi) is 5.47. The van der Waals surface area contributed by atoms with Gasteiger partial charge in [-0.1, -0.05) is 21.3 Å². The molecular formula is C11H18N2OP4. The van der Waals surface area contributed by atoms with E-state index < -0.39 is 0 Å². The Morgan fingerprint density at radius 3 is 3.11 bits per heavy atom. The fraction of sp³-hybridized carbons (Fsp3) is 0.455. The van der Waals surface area contributed by atoms with E-state index in [1.807, 2.05) is 6.07 Å². The second kappa shape index (κ2) is 6.67. The number of carbonyl (C=O) groups excluding carboxylic acids is 1. The first-order chi connectivity index (χ1) is 8.69. The molecule has 2 heterocycles. The van der Waals surface area contributed by atoms with Crippen molar-refractivity contribution in [2.75, 3.05) is 11.9 Å². The van der Waals surface area contributed by atoms with Gasteiger partial charge in [0.25, 0.3) is 0 Å². The van der Waals surface area contributed by atoms with E-state index in [1.54, 1.807) is 6.20 Å². The fourth-order valence-electron chi connectivity index (χ4n) is 2.20. The highest BCUT2D eigenvalue weighted by Gasteiger charge is 2.30. The summed E-state index contributed by atoms with van der Waals surface area (Å²) >= 11 is 0. The van der Waals surface area contributed by atoms with Crippen molar-refractivity contribution in [3.05, 3.63) is 17.8 Å². The maximum absolute atomic E-state index is 12.6. The molecule has 0 radical (unpaired) electrons. The van der Waals surface area contributed by atoms with Crippen molar-refractivity contribution < 1.29 is 4.79 Å². The molecule has 0 aliphatic carbocycles. The number of rotatable bonds is 4. The largest absolute Gasteiger partial charge is 0.369 e. The molecule has 1 N–H and O–H groups in total. The van der Waals surface area contributed by atoms with E-state index in [4.69, 9.17) is 0 Å². The summed E-state index contributed by atoms with van der Waals surface area (Å²) in [6, 6.07) is 2.00.